The molecule has 0 amide bonds. The van der Waals surface area contributed by atoms with Gasteiger partial charge >= 0.3 is 11.9 Å². The number of methoxy groups -OCH3 is 2. The molecule has 1 aromatic rings. The second-order valence-electron chi connectivity index (χ2n) is 3.43. The van der Waals surface area contributed by atoms with Gasteiger partial charge in [0.05, 0.1) is 14.2 Å². The van der Waals surface area contributed by atoms with Gasteiger partial charge in [-0.2, -0.15) is 0 Å². The first-order valence-corrected chi connectivity index (χ1v) is 5.19. The highest BCUT2D eigenvalue weighted by molar-refractivity contribution is 6.13. The molecular formula is C13H13FO4. The first-order valence-electron chi connectivity index (χ1n) is 5.19. The molecule has 96 valence electrons. The number of allylic oxidation sites excluding steroid dienone is 1. The van der Waals surface area contributed by atoms with Gasteiger partial charge in [-0.25, -0.2) is 14.0 Å². The number of ether oxygens (including phenoxy) is 2. The molecule has 0 aliphatic heterocycles. The van der Waals surface area contributed by atoms with Crippen LogP contribution in [0.3, 0.4) is 0 Å². The van der Waals surface area contributed by atoms with E-state index >= 15 is 0 Å². The molecule has 0 atom stereocenters. The molecular weight excluding hydrogens is 239 g/mol. The first kappa shape index (κ1) is 13.9. The summed E-state index contributed by atoms with van der Waals surface area (Å²) in [6.07, 6.45) is 1.70. The molecule has 4 nitrogen and oxygen atoms in total. The zero-order valence-corrected chi connectivity index (χ0v) is 10.1. The van der Waals surface area contributed by atoms with E-state index in [1.54, 1.807) is 12.1 Å². The third-order valence-electron chi connectivity index (χ3n) is 2.27. The van der Waals surface area contributed by atoms with Crippen LogP contribution in [0.1, 0.15) is 5.56 Å². The number of rotatable bonds is 4. The van der Waals surface area contributed by atoms with E-state index in [4.69, 9.17) is 0 Å². The van der Waals surface area contributed by atoms with Crippen molar-refractivity contribution in [3.05, 3.63) is 47.3 Å². The standard InChI is InChI=1S/C13H13FO4/c1-17-12(15)11(13(16)18-2)8-5-9-3-6-10(14)7-4-9/h3-4,6-8H,5H2,1-2H3. The van der Waals surface area contributed by atoms with Crippen molar-refractivity contribution in [3.8, 4) is 0 Å². The third-order valence-corrected chi connectivity index (χ3v) is 2.27. The SMILES string of the molecule is COC(=O)C(=CCc1ccc(F)cc1)C(=O)OC. The van der Waals surface area contributed by atoms with Crippen molar-refractivity contribution in [1.82, 2.24) is 0 Å². The maximum atomic E-state index is 12.7. The Hall–Kier alpha value is -2.17. The van der Waals surface area contributed by atoms with Crippen molar-refractivity contribution >= 4 is 11.9 Å². The molecule has 0 aliphatic carbocycles. The van der Waals surface area contributed by atoms with Gasteiger partial charge < -0.3 is 9.47 Å². The van der Waals surface area contributed by atoms with Crippen LogP contribution in [0, 0.1) is 5.82 Å². The Morgan fingerprint density at radius 2 is 1.61 bits per heavy atom. The van der Waals surface area contributed by atoms with Gasteiger partial charge in [0.25, 0.3) is 0 Å². The fraction of sp³-hybridized carbons (Fsp3) is 0.231. The predicted octanol–water partition coefficient (Wildman–Crippen LogP) is 1.64. The lowest BCUT2D eigenvalue weighted by Crippen LogP contribution is -2.16. The topological polar surface area (TPSA) is 52.6 Å². The van der Waals surface area contributed by atoms with Gasteiger partial charge in [0, 0.05) is 0 Å². The Morgan fingerprint density at radius 3 is 2.06 bits per heavy atom. The van der Waals surface area contributed by atoms with Gasteiger partial charge in [-0.1, -0.05) is 18.2 Å². The highest BCUT2D eigenvalue weighted by atomic mass is 19.1. The molecule has 0 aliphatic rings. The molecule has 18 heavy (non-hydrogen) atoms. The van der Waals surface area contributed by atoms with Gasteiger partial charge in [0.2, 0.25) is 0 Å². The largest absolute Gasteiger partial charge is 0.465 e. The zero-order chi connectivity index (χ0) is 13.5. The molecule has 0 N–H and O–H groups in total. The van der Waals surface area contributed by atoms with Crippen LogP contribution < -0.4 is 0 Å². The highest BCUT2D eigenvalue weighted by Crippen LogP contribution is 2.08. The summed E-state index contributed by atoms with van der Waals surface area (Å²) in [6.45, 7) is 0. The summed E-state index contributed by atoms with van der Waals surface area (Å²) in [6, 6.07) is 5.74. The minimum absolute atomic E-state index is 0.177. The molecule has 0 aromatic heterocycles. The van der Waals surface area contributed by atoms with Gasteiger partial charge in [-0.05, 0) is 24.1 Å². The molecule has 0 spiro atoms. The van der Waals surface area contributed by atoms with E-state index < -0.39 is 11.9 Å². The molecule has 0 saturated heterocycles. The van der Waals surface area contributed by atoms with Crippen molar-refractivity contribution < 1.29 is 23.5 Å². The van der Waals surface area contributed by atoms with E-state index in [9.17, 15) is 14.0 Å². The van der Waals surface area contributed by atoms with Crippen molar-refractivity contribution in [2.75, 3.05) is 14.2 Å². The Bertz CT molecular complexity index is 444. The number of halogens is 1. The highest BCUT2D eigenvalue weighted by Gasteiger charge is 2.18. The van der Waals surface area contributed by atoms with Crippen molar-refractivity contribution in [1.29, 1.82) is 0 Å². The second kappa shape index (κ2) is 6.54. The molecule has 1 aromatic carbocycles. The average molecular weight is 252 g/mol. The van der Waals surface area contributed by atoms with Crippen LogP contribution in [0.15, 0.2) is 35.9 Å². The summed E-state index contributed by atoms with van der Waals surface area (Å²) in [5.41, 5.74) is 0.589. The summed E-state index contributed by atoms with van der Waals surface area (Å²) < 4.78 is 21.6. The van der Waals surface area contributed by atoms with Gasteiger partial charge in [0.1, 0.15) is 11.4 Å². The predicted molar refractivity (Wildman–Crippen MR) is 62.2 cm³/mol. The monoisotopic (exact) mass is 252 g/mol. The van der Waals surface area contributed by atoms with E-state index in [1.165, 1.54) is 32.4 Å². The molecule has 0 fully saturated rings. The van der Waals surface area contributed by atoms with Crippen LogP contribution in [0.4, 0.5) is 4.39 Å². The maximum Gasteiger partial charge on any atom is 0.344 e. The molecule has 0 saturated carbocycles. The molecule has 0 heterocycles. The Labute approximate surface area is 104 Å². The van der Waals surface area contributed by atoms with Crippen LogP contribution in [0.2, 0.25) is 0 Å². The lowest BCUT2D eigenvalue weighted by atomic mass is 10.1. The average Bonchev–Trinajstić information content (AvgIpc) is 2.40. The van der Waals surface area contributed by atoms with E-state index in [2.05, 4.69) is 9.47 Å². The van der Waals surface area contributed by atoms with E-state index in [0.717, 1.165) is 5.56 Å². The Balaban J connectivity index is 2.86. The molecule has 1 rings (SSSR count). The lowest BCUT2D eigenvalue weighted by Gasteiger charge is -2.03. The minimum Gasteiger partial charge on any atom is -0.465 e. The third kappa shape index (κ3) is 3.69. The normalized spacial score (nSPS) is 9.50. The first-order chi connectivity index (χ1) is 8.58. The van der Waals surface area contributed by atoms with Crippen molar-refractivity contribution in [2.45, 2.75) is 6.42 Å². The minimum atomic E-state index is -0.760. The summed E-state index contributed by atoms with van der Waals surface area (Å²) in [4.78, 5) is 22.7. The van der Waals surface area contributed by atoms with Crippen LogP contribution in [-0.2, 0) is 25.5 Å². The second-order valence-corrected chi connectivity index (χ2v) is 3.43. The van der Waals surface area contributed by atoms with E-state index in [0.29, 0.717) is 6.42 Å². The fourth-order valence-electron chi connectivity index (χ4n) is 1.31. The molecule has 0 radical (unpaired) electrons. The summed E-state index contributed by atoms with van der Waals surface area (Å²) >= 11 is 0. The number of benzene rings is 1. The summed E-state index contributed by atoms with van der Waals surface area (Å²) in [5, 5.41) is 0. The lowest BCUT2D eigenvalue weighted by molar-refractivity contribution is -0.144. The van der Waals surface area contributed by atoms with Crippen molar-refractivity contribution in [2.24, 2.45) is 0 Å². The van der Waals surface area contributed by atoms with Crippen LogP contribution >= 0.6 is 0 Å². The number of carbonyl (C=O) groups is 2. The smallest absolute Gasteiger partial charge is 0.344 e. The Kier molecular flexibility index (Phi) is 5.05. The number of esters is 2. The number of carbonyl (C=O) groups excluding carboxylic acids is 2. The Morgan fingerprint density at radius 1 is 1.11 bits per heavy atom. The fourth-order valence-corrected chi connectivity index (χ4v) is 1.31. The van der Waals surface area contributed by atoms with Crippen LogP contribution in [-0.4, -0.2) is 26.2 Å². The van der Waals surface area contributed by atoms with E-state index in [1.807, 2.05) is 0 Å². The summed E-state index contributed by atoms with van der Waals surface area (Å²) in [5.74, 6) is -1.86. The van der Waals surface area contributed by atoms with Gasteiger partial charge in [-0.15, -0.1) is 0 Å². The van der Waals surface area contributed by atoms with Crippen LogP contribution in [0.5, 0.6) is 0 Å². The molecule has 0 unspecified atom stereocenters. The maximum absolute atomic E-state index is 12.7. The van der Waals surface area contributed by atoms with E-state index in [-0.39, 0.29) is 11.4 Å². The van der Waals surface area contributed by atoms with Crippen LogP contribution in [0.25, 0.3) is 0 Å². The van der Waals surface area contributed by atoms with Gasteiger partial charge in [0.15, 0.2) is 0 Å². The molecule has 5 heteroatoms. The quantitative estimate of drug-likeness (QED) is 0.354. The number of hydrogen-bond donors (Lipinski definition) is 0. The summed E-state index contributed by atoms with van der Waals surface area (Å²) in [7, 11) is 2.36. The zero-order valence-electron chi connectivity index (χ0n) is 10.1. The van der Waals surface area contributed by atoms with Gasteiger partial charge in [-0.3, -0.25) is 0 Å². The molecule has 0 bridgehead atoms. The number of hydrogen-bond acceptors (Lipinski definition) is 4. The van der Waals surface area contributed by atoms with Crippen molar-refractivity contribution in [3.63, 3.8) is 0 Å².